The molecule has 1 heterocycles. The van der Waals surface area contributed by atoms with Gasteiger partial charge >= 0.3 is 0 Å². The van der Waals surface area contributed by atoms with Gasteiger partial charge in [0.2, 0.25) is 5.91 Å². The maximum absolute atomic E-state index is 15.1. The van der Waals surface area contributed by atoms with E-state index in [1.165, 1.54) is 6.07 Å². The first kappa shape index (κ1) is 28.9. The number of unbranched alkanes of at least 4 members (excludes halogenated alkanes) is 1. The van der Waals surface area contributed by atoms with Crippen LogP contribution in [-0.4, -0.2) is 72.7 Å². The number of nitrogens with zero attached hydrogens (tertiary/aromatic N) is 1. The summed E-state index contributed by atoms with van der Waals surface area (Å²) in [5.74, 6) is -0.899. The second-order valence-corrected chi connectivity index (χ2v) is 11.0. The molecule has 1 saturated carbocycles. The molecule has 1 amide bonds. The zero-order valence-electron chi connectivity index (χ0n) is 22.0. The molecule has 2 aromatic rings. The molecule has 2 fully saturated rings. The lowest BCUT2D eigenvalue weighted by molar-refractivity contribution is -0.167. The van der Waals surface area contributed by atoms with Gasteiger partial charge in [0.05, 0.1) is 19.3 Å². The lowest BCUT2D eigenvalue weighted by Gasteiger charge is -2.44. The van der Waals surface area contributed by atoms with Gasteiger partial charge in [0.1, 0.15) is 17.5 Å². The van der Waals surface area contributed by atoms with Crippen LogP contribution in [0.3, 0.4) is 0 Å². The molecule has 5 atom stereocenters. The fourth-order valence-electron chi connectivity index (χ4n) is 5.75. The second-order valence-electron chi connectivity index (χ2n) is 10.6. The van der Waals surface area contributed by atoms with Crippen molar-refractivity contribution in [2.75, 3.05) is 33.4 Å². The Balaban J connectivity index is 1.71. The first-order valence-corrected chi connectivity index (χ1v) is 13.6. The molecule has 2 aromatic carbocycles. The van der Waals surface area contributed by atoms with Gasteiger partial charge in [-0.15, -0.1) is 0 Å². The van der Waals surface area contributed by atoms with E-state index in [0.717, 1.165) is 5.56 Å². The zero-order chi connectivity index (χ0) is 27.4. The Hall–Kier alpha value is -2.07. The van der Waals surface area contributed by atoms with Crippen LogP contribution in [0.4, 0.5) is 4.39 Å². The van der Waals surface area contributed by atoms with Crippen LogP contribution in [0.25, 0.3) is 11.1 Å². The molecule has 1 unspecified atom stereocenters. The van der Waals surface area contributed by atoms with Crippen LogP contribution < -0.4 is 5.73 Å². The van der Waals surface area contributed by atoms with Crippen LogP contribution in [0.1, 0.15) is 43.2 Å². The van der Waals surface area contributed by atoms with Crippen molar-refractivity contribution in [1.82, 2.24) is 4.90 Å². The van der Waals surface area contributed by atoms with Crippen molar-refractivity contribution < 1.29 is 28.9 Å². The number of aliphatic hydroxyl groups is 2. The van der Waals surface area contributed by atoms with Crippen molar-refractivity contribution >= 4 is 17.5 Å². The maximum atomic E-state index is 15.1. The molecule has 1 aliphatic heterocycles. The van der Waals surface area contributed by atoms with Crippen molar-refractivity contribution in [2.45, 2.75) is 62.9 Å². The number of morpholine rings is 1. The molecular formula is C29H38ClFN2O5. The molecule has 1 aliphatic carbocycles. The van der Waals surface area contributed by atoms with E-state index >= 15 is 4.39 Å². The van der Waals surface area contributed by atoms with Crippen molar-refractivity contribution in [1.29, 1.82) is 0 Å². The lowest BCUT2D eigenvalue weighted by atomic mass is 9.78. The summed E-state index contributed by atoms with van der Waals surface area (Å²) in [4.78, 5) is 15.1. The number of rotatable bonds is 9. The number of benzene rings is 2. The average molecular weight is 549 g/mol. The van der Waals surface area contributed by atoms with Crippen molar-refractivity contribution in [3.63, 3.8) is 0 Å². The van der Waals surface area contributed by atoms with Crippen LogP contribution in [0, 0.1) is 18.7 Å². The van der Waals surface area contributed by atoms with Gasteiger partial charge in [0.25, 0.3) is 0 Å². The fraction of sp³-hybridized carbons (Fsp3) is 0.552. The molecule has 208 valence electrons. The number of amides is 1. The minimum atomic E-state index is -1.56. The molecule has 0 spiro atoms. The summed E-state index contributed by atoms with van der Waals surface area (Å²) >= 11 is 6.67. The summed E-state index contributed by atoms with van der Waals surface area (Å²) < 4.78 is 26.5. The number of hydrogen-bond donors (Lipinski definition) is 3. The normalized spacial score (nSPS) is 25.4. The highest BCUT2D eigenvalue weighted by molar-refractivity contribution is 6.33. The van der Waals surface area contributed by atoms with E-state index < -0.39 is 29.7 Å². The van der Waals surface area contributed by atoms with E-state index in [2.05, 4.69) is 0 Å². The van der Waals surface area contributed by atoms with Crippen molar-refractivity contribution in [2.24, 2.45) is 11.7 Å². The quantitative estimate of drug-likeness (QED) is 0.412. The molecule has 1 saturated heterocycles. The Bertz CT molecular complexity index is 1120. The Morgan fingerprint density at radius 1 is 1.29 bits per heavy atom. The molecule has 0 radical (unpaired) electrons. The van der Waals surface area contributed by atoms with Crippen molar-refractivity contribution in [3.8, 4) is 11.1 Å². The predicted molar refractivity (Wildman–Crippen MR) is 144 cm³/mol. The van der Waals surface area contributed by atoms with E-state index in [4.69, 9.17) is 26.8 Å². The van der Waals surface area contributed by atoms with Gasteiger partial charge in [-0.1, -0.05) is 35.4 Å². The van der Waals surface area contributed by atoms with Gasteiger partial charge in [0, 0.05) is 48.4 Å². The first-order valence-electron chi connectivity index (χ1n) is 13.3. The van der Waals surface area contributed by atoms with E-state index in [-0.39, 0.29) is 25.0 Å². The molecule has 7 nitrogen and oxygen atoms in total. The van der Waals surface area contributed by atoms with Crippen LogP contribution >= 0.6 is 11.6 Å². The summed E-state index contributed by atoms with van der Waals surface area (Å²) in [6.07, 6.45) is 0.911. The molecular weight excluding hydrogens is 511 g/mol. The Labute approximate surface area is 228 Å². The number of ether oxygens (including phenoxy) is 2. The number of aryl methyl sites for hydroxylation is 1. The number of aliphatic hydroxyl groups excluding tert-OH is 1. The number of nitrogens with two attached hydrogens (primary N) is 1. The van der Waals surface area contributed by atoms with Gasteiger partial charge in [-0.3, -0.25) is 4.79 Å². The molecule has 9 heteroatoms. The number of hydrogen-bond acceptors (Lipinski definition) is 6. The molecule has 38 heavy (non-hydrogen) atoms. The number of carbonyl (C=O) groups excluding carboxylic acids is 1. The second kappa shape index (κ2) is 12.4. The van der Waals surface area contributed by atoms with Gasteiger partial charge in [-0.2, -0.15) is 0 Å². The minimum absolute atomic E-state index is 0.0944. The Morgan fingerprint density at radius 3 is 2.79 bits per heavy atom. The van der Waals surface area contributed by atoms with Gasteiger partial charge in [0.15, 0.2) is 0 Å². The monoisotopic (exact) mass is 548 g/mol. The summed E-state index contributed by atoms with van der Waals surface area (Å²) in [7, 11) is 1.63. The molecule has 0 bridgehead atoms. The Morgan fingerprint density at radius 2 is 2.08 bits per heavy atom. The topological polar surface area (TPSA) is 105 Å². The molecule has 4 N–H and O–H groups in total. The van der Waals surface area contributed by atoms with Crippen LogP contribution in [0.5, 0.6) is 0 Å². The fourth-order valence-corrected chi connectivity index (χ4v) is 6.02. The number of methoxy groups -OCH3 is 1. The summed E-state index contributed by atoms with van der Waals surface area (Å²) in [6.45, 7) is 3.18. The van der Waals surface area contributed by atoms with Gasteiger partial charge in [-0.25, -0.2) is 4.39 Å². The highest BCUT2D eigenvalue weighted by Gasteiger charge is 2.46. The SMILES string of the molecule is COCCCC[C@@](O)(c1cccc(Cl)c1-c1cc(C)ccc1F)[C@H]1CN(C(=O)C2C[C@@H](N)[C@@H](O)C2)CCO1. The maximum Gasteiger partial charge on any atom is 0.226 e. The third-order valence-electron chi connectivity index (χ3n) is 7.86. The Kier molecular flexibility index (Phi) is 9.44. The molecule has 4 rings (SSSR count). The van der Waals surface area contributed by atoms with Crippen LogP contribution in [0.15, 0.2) is 36.4 Å². The smallest absolute Gasteiger partial charge is 0.226 e. The molecule has 0 aromatic heterocycles. The largest absolute Gasteiger partial charge is 0.391 e. The third-order valence-corrected chi connectivity index (χ3v) is 8.18. The van der Waals surface area contributed by atoms with E-state index in [1.807, 2.05) is 6.92 Å². The standard InChI is InChI=1S/C29H38ClFN2O5/c1-18-8-9-23(31)20(14-18)27-21(6-5-7-22(27)30)29(36,10-3-4-12-37-2)26-17-33(11-13-38-26)28(35)19-15-24(32)25(34)16-19/h5-9,14,19,24-26,34,36H,3-4,10-13,15-17,32H2,1-2H3/t19?,24-,25+,26-,29-/m1/s1. The minimum Gasteiger partial charge on any atom is -0.391 e. The predicted octanol–water partition coefficient (Wildman–Crippen LogP) is 3.78. The van der Waals surface area contributed by atoms with E-state index in [1.54, 1.807) is 42.3 Å². The number of carbonyl (C=O) groups is 1. The lowest BCUT2D eigenvalue weighted by Crippen LogP contribution is -2.55. The number of halogens is 2. The van der Waals surface area contributed by atoms with Crippen molar-refractivity contribution in [3.05, 3.63) is 58.4 Å². The summed E-state index contributed by atoms with van der Waals surface area (Å²) in [6, 6.07) is 9.56. The van der Waals surface area contributed by atoms with Crippen LogP contribution in [0.2, 0.25) is 5.02 Å². The van der Waals surface area contributed by atoms with E-state index in [9.17, 15) is 15.0 Å². The van der Waals surface area contributed by atoms with Gasteiger partial charge in [-0.05, 0) is 62.8 Å². The highest BCUT2D eigenvalue weighted by Crippen LogP contribution is 2.44. The average Bonchev–Trinajstić information content (AvgIpc) is 3.25. The zero-order valence-corrected chi connectivity index (χ0v) is 22.8. The third kappa shape index (κ3) is 6.06. The van der Waals surface area contributed by atoms with E-state index in [0.29, 0.717) is 67.0 Å². The molecule has 2 aliphatic rings. The first-order chi connectivity index (χ1) is 18.2. The highest BCUT2D eigenvalue weighted by atomic mass is 35.5. The van der Waals surface area contributed by atoms with Gasteiger partial charge < -0.3 is 30.3 Å². The summed E-state index contributed by atoms with van der Waals surface area (Å²) in [5, 5.41) is 22.8. The van der Waals surface area contributed by atoms with Crippen LogP contribution in [-0.2, 0) is 19.9 Å². The summed E-state index contributed by atoms with van der Waals surface area (Å²) in [5.41, 5.74) is 6.44.